The molecule has 0 fully saturated rings. The van der Waals surface area contributed by atoms with Gasteiger partial charge in [0.05, 0.1) is 18.7 Å². The number of ketones is 1. The van der Waals surface area contributed by atoms with Gasteiger partial charge in [0, 0.05) is 18.8 Å². The van der Waals surface area contributed by atoms with Gasteiger partial charge >= 0.3 is 0 Å². The lowest BCUT2D eigenvalue weighted by atomic mass is 10.1. The van der Waals surface area contributed by atoms with Gasteiger partial charge in [-0.15, -0.1) is 0 Å². The summed E-state index contributed by atoms with van der Waals surface area (Å²) in [5.74, 6) is 1.60. The summed E-state index contributed by atoms with van der Waals surface area (Å²) in [7, 11) is 0. The van der Waals surface area contributed by atoms with Gasteiger partial charge in [-0.3, -0.25) is 4.79 Å². The quantitative estimate of drug-likeness (QED) is 0.748. The third-order valence-corrected chi connectivity index (χ3v) is 2.92. The lowest BCUT2D eigenvalue weighted by Gasteiger charge is -2.10. The average molecular weight is 258 g/mol. The first kappa shape index (κ1) is 13.3. The average Bonchev–Trinajstić information content (AvgIpc) is 2.87. The molecule has 0 amide bonds. The van der Waals surface area contributed by atoms with Gasteiger partial charge in [0.25, 0.3) is 0 Å². The molecule has 1 aromatic heterocycles. The van der Waals surface area contributed by atoms with Crippen molar-refractivity contribution in [3.8, 4) is 5.75 Å². The molecule has 0 unspecified atom stereocenters. The van der Waals surface area contributed by atoms with Crippen LogP contribution in [0.1, 0.15) is 30.0 Å². The third kappa shape index (κ3) is 3.02. The Kier molecular flexibility index (Phi) is 4.34. The number of para-hydroxylation sites is 1. The molecule has 0 bridgehead atoms. The highest BCUT2D eigenvalue weighted by Crippen LogP contribution is 2.19. The van der Waals surface area contributed by atoms with E-state index in [1.807, 2.05) is 42.8 Å². The summed E-state index contributed by atoms with van der Waals surface area (Å²) < 4.78 is 7.37. The van der Waals surface area contributed by atoms with Crippen molar-refractivity contribution in [2.45, 2.75) is 26.8 Å². The number of Topliss-reactive ketones (excluding diaryl/α,β-unsaturated/α-hetero) is 1. The summed E-state index contributed by atoms with van der Waals surface area (Å²) in [5, 5.41) is 0. The van der Waals surface area contributed by atoms with Crippen molar-refractivity contribution in [1.82, 2.24) is 9.55 Å². The summed E-state index contributed by atoms with van der Waals surface area (Å²) in [6.45, 7) is 4.78. The molecule has 0 atom stereocenters. The van der Waals surface area contributed by atoms with Gasteiger partial charge in [-0.2, -0.15) is 0 Å². The van der Waals surface area contributed by atoms with Crippen molar-refractivity contribution in [3.05, 3.63) is 48.0 Å². The van der Waals surface area contributed by atoms with Crippen LogP contribution in [-0.4, -0.2) is 21.9 Å². The number of rotatable bonds is 6. The maximum absolute atomic E-state index is 12.3. The Bertz CT molecular complexity index is 561. The van der Waals surface area contributed by atoms with E-state index in [0.717, 1.165) is 12.2 Å². The molecule has 0 spiro atoms. The fourth-order valence-corrected chi connectivity index (χ4v) is 2.02. The monoisotopic (exact) mass is 258 g/mol. The van der Waals surface area contributed by atoms with Crippen LogP contribution in [0.2, 0.25) is 0 Å². The Labute approximate surface area is 113 Å². The first-order valence-electron chi connectivity index (χ1n) is 6.51. The molecule has 0 saturated heterocycles. The maximum Gasteiger partial charge on any atom is 0.186 e. The zero-order chi connectivity index (χ0) is 13.7. The molecule has 4 nitrogen and oxygen atoms in total. The molecule has 4 heteroatoms. The van der Waals surface area contributed by atoms with E-state index in [1.54, 1.807) is 12.3 Å². The third-order valence-electron chi connectivity index (χ3n) is 2.92. The fourth-order valence-electron chi connectivity index (χ4n) is 2.02. The summed E-state index contributed by atoms with van der Waals surface area (Å²) in [6.07, 6.45) is 4.37. The van der Waals surface area contributed by atoms with Crippen LogP contribution in [0.5, 0.6) is 5.75 Å². The Hall–Kier alpha value is -2.10. The molecule has 2 aromatic rings. The summed E-state index contributed by atoms with van der Waals surface area (Å²) in [5.41, 5.74) is 0.625. The number of ether oxygens (including phenoxy) is 1. The van der Waals surface area contributed by atoms with Gasteiger partial charge < -0.3 is 9.30 Å². The number of nitrogens with zero attached hydrogens (tertiary/aromatic N) is 2. The molecule has 0 aliphatic heterocycles. The van der Waals surface area contributed by atoms with Crippen molar-refractivity contribution < 1.29 is 9.53 Å². The molecular weight excluding hydrogens is 240 g/mol. The molecule has 19 heavy (non-hydrogen) atoms. The van der Waals surface area contributed by atoms with E-state index >= 15 is 0 Å². The van der Waals surface area contributed by atoms with Crippen LogP contribution < -0.4 is 4.74 Å². The lowest BCUT2D eigenvalue weighted by Crippen LogP contribution is -2.13. The summed E-state index contributed by atoms with van der Waals surface area (Å²) >= 11 is 0. The molecule has 0 aliphatic carbocycles. The molecule has 0 saturated carbocycles. The van der Waals surface area contributed by atoms with Crippen LogP contribution in [0.4, 0.5) is 0 Å². The van der Waals surface area contributed by atoms with E-state index in [9.17, 15) is 4.79 Å². The number of aryl methyl sites for hydroxylation is 1. The normalized spacial score (nSPS) is 10.4. The first-order valence-corrected chi connectivity index (χ1v) is 6.51. The minimum atomic E-state index is 0.0387. The van der Waals surface area contributed by atoms with Crippen molar-refractivity contribution in [3.63, 3.8) is 0 Å². The van der Waals surface area contributed by atoms with Crippen molar-refractivity contribution in [2.75, 3.05) is 6.61 Å². The van der Waals surface area contributed by atoms with Crippen LogP contribution in [-0.2, 0) is 13.0 Å². The first-order chi connectivity index (χ1) is 9.26. The van der Waals surface area contributed by atoms with Crippen LogP contribution in [0.25, 0.3) is 0 Å². The highest BCUT2D eigenvalue weighted by atomic mass is 16.5. The van der Waals surface area contributed by atoms with Crippen LogP contribution >= 0.6 is 0 Å². The molecule has 0 radical (unpaired) electrons. The van der Waals surface area contributed by atoms with Crippen LogP contribution in [0, 0.1) is 0 Å². The predicted molar refractivity (Wildman–Crippen MR) is 73.5 cm³/mol. The zero-order valence-electron chi connectivity index (χ0n) is 11.3. The second-order valence-electron chi connectivity index (χ2n) is 4.18. The molecule has 100 valence electrons. The summed E-state index contributed by atoms with van der Waals surface area (Å²) in [4.78, 5) is 16.6. The van der Waals surface area contributed by atoms with Gasteiger partial charge in [0.2, 0.25) is 0 Å². The standard InChI is InChI=1S/C15H18N2O2/c1-3-15-16-9-10-17(15)11-13(18)12-7-5-6-8-14(12)19-4-2/h5-10H,3-4,11H2,1-2H3. The predicted octanol–water partition coefficient (Wildman–Crippen LogP) is 2.73. The number of hydrogen-bond donors (Lipinski definition) is 0. The van der Waals surface area contributed by atoms with Gasteiger partial charge in [-0.25, -0.2) is 4.98 Å². The van der Waals surface area contributed by atoms with E-state index in [2.05, 4.69) is 4.98 Å². The highest BCUT2D eigenvalue weighted by molar-refractivity contribution is 5.98. The largest absolute Gasteiger partial charge is 0.493 e. The number of carbonyl (C=O) groups is 1. The van der Waals surface area contributed by atoms with Gasteiger partial charge in [-0.05, 0) is 19.1 Å². The van der Waals surface area contributed by atoms with Crippen LogP contribution in [0.15, 0.2) is 36.7 Å². The Morgan fingerprint density at radius 2 is 2.11 bits per heavy atom. The molecule has 1 aromatic carbocycles. The maximum atomic E-state index is 12.3. The minimum absolute atomic E-state index is 0.0387. The number of benzene rings is 1. The molecular formula is C15H18N2O2. The molecule has 2 rings (SSSR count). The van der Waals surface area contributed by atoms with E-state index < -0.39 is 0 Å². The number of carbonyl (C=O) groups excluding carboxylic acids is 1. The van der Waals surface area contributed by atoms with E-state index in [-0.39, 0.29) is 5.78 Å². The number of imidazole rings is 1. The minimum Gasteiger partial charge on any atom is -0.493 e. The lowest BCUT2D eigenvalue weighted by molar-refractivity contribution is 0.0967. The van der Waals surface area contributed by atoms with Crippen molar-refractivity contribution in [2.24, 2.45) is 0 Å². The van der Waals surface area contributed by atoms with E-state index in [4.69, 9.17) is 4.74 Å². The highest BCUT2D eigenvalue weighted by Gasteiger charge is 2.13. The molecule has 0 aliphatic rings. The molecule has 0 N–H and O–H groups in total. The second-order valence-corrected chi connectivity index (χ2v) is 4.18. The Morgan fingerprint density at radius 3 is 2.84 bits per heavy atom. The van der Waals surface area contributed by atoms with Crippen molar-refractivity contribution >= 4 is 5.78 Å². The number of hydrogen-bond acceptors (Lipinski definition) is 3. The topological polar surface area (TPSA) is 44.1 Å². The van der Waals surface area contributed by atoms with E-state index in [1.165, 1.54) is 0 Å². The molecule has 1 heterocycles. The van der Waals surface area contributed by atoms with Gasteiger partial charge in [0.1, 0.15) is 11.6 Å². The fraction of sp³-hybridized carbons (Fsp3) is 0.333. The van der Waals surface area contributed by atoms with Gasteiger partial charge in [-0.1, -0.05) is 19.1 Å². The van der Waals surface area contributed by atoms with Crippen molar-refractivity contribution in [1.29, 1.82) is 0 Å². The summed E-state index contributed by atoms with van der Waals surface area (Å²) in [6, 6.07) is 7.35. The Morgan fingerprint density at radius 1 is 1.32 bits per heavy atom. The van der Waals surface area contributed by atoms with Crippen LogP contribution in [0.3, 0.4) is 0 Å². The Balaban J connectivity index is 2.20. The smallest absolute Gasteiger partial charge is 0.186 e. The number of aromatic nitrogens is 2. The second kappa shape index (κ2) is 6.18. The van der Waals surface area contributed by atoms with Gasteiger partial charge in [0.15, 0.2) is 5.78 Å². The SMILES string of the molecule is CCOc1ccccc1C(=O)Cn1ccnc1CC. The zero-order valence-corrected chi connectivity index (χ0v) is 11.3. The van der Waals surface area contributed by atoms with E-state index in [0.29, 0.717) is 24.5 Å².